The van der Waals surface area contributed by atoms with Gasteiger partial charge in [0.1, 0.15) is 17.3 Å². The van der Waals surface area contributed by atoms with Crippen LogP contribution in [0.1, 0.15) is 23.1 Å². The second-order valence-electron chi connectivity index (χ2n) is 8.35. The highest BCUT2D eigenvalue weighted by atomic mass is 32.1. The number of hydrogen-bond donors (Lipinski definition) is 1. The van der Waals surface area contributed by atoms with Crippen LogP contribution in [-0.2, 0) is 6.42 Å². The fourth-order valence-electron chi connectivity index (χ4n) is 4.45. The number of piperazine rings is 1. The van der Waals surface area contributed by atoms with Crippen molar-refractivity contribution >= 4 is 33.6 Å². The van der Waals surface area contributed by atoms with Crippen molar-refractivity contribution in [1.82, 2.24) is 19.7 Å². The molecule has 0 spiro atoms. The van der Waals surface area contributed by atoms with E-state index < -0.39 is 5.82 Å². The first-order valence-electron chi connectivity index (χ1n) is 11.4. The van der Waals surface area contributed by atoms with E-state index in [-0.39, 0.29) is 5.56 Å². The van der Waals surface area contributed by atoms with Crippen molar-refractivity contribution in [3.8, 4) is 17.3 Å². The van der Waals surface area contributed by atoms with E-state index in [1.165, 1.54) is 17.8 Å². The summed E-state index contributed by atoms with van der Waals surface area (Å²) in [6.07, 6.45) is 2.95. The number of nitrogens with one attached hydrogen (secondary N) is 1. The van der Waals surface area contributed by atoms with Crippen LogP contribution >= 0.6 is 11.3 Å². The van der Waals surface area contributed by atoms with Crippen LogP contribution in [0.15, 0.2) is 36.5 Å². The quantitative estimate of drug-likeness (QED) is 0.458. The Balaban J connectivity index is 1.58. The summed E-state index contributed by atoms with van der Waals surface area (Å²) >= 11 is 1.55. The molecule has 0 saturated carbocycles. The van der Waals surface area contributed by atoms with Gasteiger partial charge in [-0.25, -0.2) is 14.4 Å². The van der Waals surface area contributed by atoms with Gasteiger partial charge in [0.05, 0.1) is 28.7 Å². The van der Waals surface area contributed by atoms with Crippen molar-refractivity contribution in [2.45, 2.75) is 20.3 Å². The number of aryl methyl sites for hydroxylation is 2. The Morgan fingerprint density at radius 3 is 2.74 bits per heavy atom. The number of hydrogen-bond acceptors (Lipinski definition) is 7. The summed E-state index contributed by atoms with van der Waals surface area (Å²) in [4.78, 5) is 15.2. The van der Waals surface area contributed by atoms with Gasteiger partial charge in [0.15, 0.2) is 5.13 Å². The molecule has 0 atom stereocenters. The average molecular weight is 476 g/mol. The first kappa shape index (κ1) is 22.3. The van der Waals surface area contributed by atoms with Gasteiger partial charge in [-0.2, -0.15) is 5.26 Å². The van der Waals surface area contributed by atoms with Gasteiger partial charge in [-0.15, -0.1) is 11.3 Å². The highest BCUT2D eigenvalue weighted by Gasteiger charge is 2.22. The Morgan fingerprint density at radius 1 is 1.21 bits per heavy atom. The minimum atomic E-state index is -0.427. The molecular formula is C25H26FN7S. The molecule has 34 heavy (non-hydrogen) atoms. The third-order valence-corrected chi connectivity index (χ3v) is 7.26. The van der Waals surface area contributed by atoms with Crippen LogP contribution < -0.4 is 15.1 Å². The van der Waals surface area contributed by atoms with Gasteiger partial charge in [0.2, 0.25) is 0 Å². The predicted octanol–water partition coefficient (Wildman–Crippen LogP) is 4.52. The van der Waals surface area contributed by atoms with Gasteiger partial charge in [0.25, 0.3) is 0 Å². The molecule has 3 aromatic heterocycles. The average Bonchev–Trinajstić information content (AvgIpc) is 3.43. The third kappa shape index (κ3) is 3.89. The summed E-state index contributed by atoms with van der Waals surface area (Å²) in [5.41, 5.74) is 4.70. The van der Waals surface area contributed by atoms with Crippen LogP contribution in [0, 0.1) is 24.1 Å². The highest BCUT2D eigenvalue weighted by Crippen LogP contribution is 2.38. The molecule has 7 nitrogen and oxygen atoms in total. The van der Waals surface area contributed by atoms with Crippen molar-refractivity contribution in [3.63, 3.8) is 0 Å². The molecule has 0 bridgehead atoms. The molecule has 0 unspecified atom stereocenters. The van der Waals surface area contributed by atoms with Crippen LogP contribution in [-0.4, -0.2) is 47.6 Å². The maximum Gasteiger partial charge on any atom is 0.191 e. The normalized spacial score (nSPS) is 13.9. The minimum absolute atomic E-state index is 0.285. The van der Waals surface area contributed by atoms with Crippen molar-refractivity contribution in [2.75, 3.05) is 43.0 Å². The van der Waals surface area contributed by atoms with E-state index in [1.54, 1.807) is 17.4 Å². The number of imidazole rings is 1. The molecule has 1 fully saturated rings. The predicted molar refractivity (Wildman–Crippen MR) is 135 cm³/mol. The van der Waals surface area contributed by atoms with Crippen LogP contribution in [0.5, 0.6) is 0 Å². The van der Waals surface area contributed by atoms with E-state index in [1.807, 2.05) is 14.0 Å². The van der Waals surface area contributed by atoms with Crippen molar-refractivity contribution < 1.29 is 4.39 Å². The number of fused-ring (bicyclic) bond motifs is 1. The van der Waals surface area contributed by atoms with E-state index in [0.29, 0.717) is 11.3 Å². The Labute approximate surface area is 202 Å². The van der Waals surface area contributed by atoms with Gasteiger partial charge >= 0.3 is 0 Å². The smallest absolute Gasteiger partial charge is 0.191 e. The summed E-state index contributed by atoms with van der Waals surface area (Å²) in [6.45, 7) is 7.98. The number of rotatable bonds is 5. The lowest BCUT2D eigenvalue weighted by Gasteiger charge is -2.29. The molecule has 1 N–H and O–H groups in total. The lowest BCUT2D eigenvalue weighted by Crippen LogP contribution is -2.43. The van der Waals surface area contributed by atoms with E-state index in [2.05, 4.69) is 50.8 Å². The van der Waals surface area contributed by atoms with Gasteiger partial charge in [-0.3, -0.25) is 4.40 Å². The number of nitrogens with zero attached hydrogens (tertiary/aromatic N) is 6. The summed E-state index contributed by atoms with van der Waals surface area (Å²) < 4.78 is 15.8. The van der Waals surface area contributed by atoms with Gasteiger partial charge < -0.3 is 15.1 Å². The monoisotopic (exact) mass is 475 g/mol. The Morgan fingerprint density at radius 2 is 2.00 bits per heavy atom. The lowest BCUT2D eigenvalue weighted by molar-refractivity contribution is 0.588. The minimum Gasteiger partial charge on any atom is -0.368 e. The van der Waals surface area contributed by atoms with E-state index in [4.69, 9.17) is 9.97 Å². The lowest BCUT2D eigenvalue weighted by atomic mass is 10.0. The van der Waals surface area contributed by atoms with Crippen LogP contribution in [0.3, 0.4) is 0 Å². The topological polar surface area (TPSA) is 72.5 Å². The number of nitriles is 1. The molecule has 0 aliphatic carbocycles. The largest absolute Gasteiger partial charge is 0.368 e. The SMILES string of the molecule is CCc1nc2ccc(N3CCNCC3)cn2c1N(C)c1nc(-c2ccc(F)cc2C#N)c(C)s1. The number of anilines is 3. The second-order valence-corrected chi connectivity index (χ2v) is 9.53. The maximum absolute atomic E-state index is 13.7. The molecule has 5 rings (SSSR count). The second kappa shape index (κ2) is 9.05. The third-order valence-electron chi connectivity index (χ3n) is 6.21. The van der Waals surface area contributed by atoms with Crippen LogP contribution in [0.25, 0.3) is 16.9 Å². The first-order chi connectivity index (χ1) is 16.5. The molecule has 1 aliphatic heterocycles. The molecular weight excluding hydrogens is 449 g/mol. The molecule has 4 heterocycles. The Hall–Kier alpha value is -3.48. The molecule has 1 aliphatic rings. The summed E-state index contributed by atoms with van der Waals surface area (Å²) in [6, 6.07) is 10.6. The van der Waals surface area contributed by atoms with Crippen molar-refractivity contribution in [2.24, 2.45) is 0 Å². The fourth-order valence-corrected chi connectivity index (χ4v) is 5.34. The summed E-state index contributed by atoms with van der Waals surface area (Å²) in [7, 11) is 2.00. The molecule has 1 saturated heterocycles. The van der Waals surface area contributed by atoms with Gasteiger partial charge in [-0.1, -0.05) is 6.92 Å². The Kier molecular flexibility index (Phi) is 5.94. The number of benzene rings is 1. The zero-order valence-corrected chi connectivity index (χ0v) is 20.3. The number of aromatic nitrogens is 3. The van der Waals surface area contributed by atoms with E-state index >= 15 is 0 Å². The molecule has 174 valence electrons. The number of halogens is 1. The Bertz CT molecular complexity index is 1390. The maximum atomic E-state index is 13.7. The van der Waals surface area contributed by atoms with Crippen LogP contribution in [0.2, 0.25) is 0 Å². The summed E-state index contributed by atoms with van der Waals surface area (Å²) in [5.74, 6) is 0.554. The molecule has 0 amide bonds. The first-order valence-corrected chi connectivity index (χ1v) is 12.2. The number of pyridine rings is 1. The molecule has 1 aromatic carbocycles. The van der Waals surface area contributed by atoms with E-state index in [0.717, 1.165) is 59.8 Å². The van der Waals surface area contributed by atoms with Gasteiger partial charge in [-0.05, 0) is 43.7 Å². The number of thiazole rings is 1. The highest BCUT2D eigenvalue weighted by molar-refractivity contribution is 7.16. The van der Waals surface area contributed by atoms with Crippen molar-refractivity contribution in [3.05, 3.63) is 58.5 Å². The standard InChI is InChI=1S/C25H26FN7S/c1-4-21-24(33-15-19(6-8-22(33)29-21)32-11-9-28-10-12-32)31(3)25-30-23(16(2)34-25)20-7-5-18(26)13-17(20)14-27/h5-8,13,15,28H,4,9-12H2,1-3H3. The zero-order valence-electron chi connectivity index (χ0n) is 19.5. The molecule has 4 aromatic rings. The summed E-state index contributed by atoms with van der Waals surface area (Å²) in [5, 5.41) is 13.7. The van der Waals surface area contributed by atoms with E-state index in [9.17, 15) is 9.65 Å². The van der Waals surface area contributed by atoms with Crippen molar-refractivity contribution in [1.29, 1.82) is 5.26 Å². The van der Waals surface area contributed by atoms with Gasteiger partial charge in [0, 0.05) is 49.9 Å². The molecule has 9 heteroatoms. The fraction of sp³-hybridized carbons (Fsp3) is 0.320. The van der Waals surface area contributed by atoms with Crippen LogP contribution in [0.4, 0.5) is 21.0 Å². The molecule has 0 radical (unpaired) electrons. The zero-order chi connectivity index (χ0) is 23.8.